The first-order chi connectivity index (χ1) is 8.63. The average Bonchev–Trinajstić information content (AvgIpc) is 2.58. The van der Waals surface area contributed by atoms with E-state index in [1.54, 1.807) is 6.07 Å². The minimum Gasteiger partial charge on any atom is -0.490 e. The first-order valence-electron chi connectivity index (χ1n) is 6.47. The third-order valence-corrected chi connectivity index (χ3v) is 4.99. The Labute approximate surface area is 118 Å². The monoisotopic (exact) mass is 285 g/mol. The van der Waals surface area contributed by atoms with Crippen molar-refractivity contribution in [3.8, 4) is 5.75 Å². The zero-order valence-electron chi connectivity index (χ0n) is 10.4. The number of hydrogen-bond donors (Lipinski definition) is 0. The molecule has 0 N–H and O–H groups in total. The van der Waals surface area contributed by atoms with Gasteiger partial charge < -0.3 is 9.64 Å². The van der Waals surface area contributed by atoms with Crippen molar-refractivity contribution in [3.63, 3.8) is 0 Å². The molecule has 2 bridgehead atoms. The third kappa shape index (κ3) is 2.34. The Kier molecular flexibility index (Phi) is 3.44. The Morgan fingerprint density at radius 1 is 1.11 bits per heavy atom. The molecular weight excluding hydrogens is 269 g/mol. The molecule has 0 unspecified atom stereocenters. The fourth-order valence-electron chi connectivity index (χ4n) is 3.20. The molecule has 0 amide bonds. The van der Waals surface area contributed by atoms with E-state index in [0.29, 0.717) is 28.2 Å². The fraction of sp³-hybridized carbons (Fsp3) is 0.571. The summed E-state index contributed by atoms with van der Waals surface area (Å²) in [7, 11) is 2.23. The zero-order chi connectivity index (χ0) is 12.7. The van der Waals surface area contributed by atoms with Gasteiger partial charge in [0.2, 0.25) is 0 Å². The summed E-state index contributed by atoms with van der Waals surface area (Å²) >= 11 is 11.9. The highest BCUT2D eigenvalue weighted by molar-refractivity contribution is 6.42. The quantitative estimate of drug-likeness (QED) is 0.815. The number of hydrogen-bond acceptors (Lipinski definition) is 2. The molecule has 3 atom stereocenters. The standard InChI is InChI=1S/C14H17Cl2NO/c1-17-9-2-3-10(17)7-12(6-9)18-11-4-5-13(15)14(16)8-11/h4-5,8-10,12H,2-3,6-7H2,1H3/t9-,10+,12+. The summed E-state index contributed by atoms with van der Waals surface area (Å²) < 4.78 is 6.05. The van der Waals surface area contributed by atoms with Gasteiger partial charge in [-0.2, -0.15) is 0 Å². The second-order valence-corrected chi connectivity index (χ2v) is 6.15. The molecule has 2 aliphatic heterocycles. The Balaban J connectivity index is 1.68. The SMILES string of the molecule is CN1[C@@H]2CC[C@H]1C[C@@H](Oc1ccc(Cl)c(Cl)c1)C2. The van der Waals surface area contributed by atoms with Gasteiger partial charge in [0.1, 0.15) is 11.9 Å². The highest BCUT2D eigenvalue weighted by atomic mass is 35.5. The smallest absolute Gasteiger partial charge is 0.121 e. The van der Waals surface area contributed by atoms with Crippen molar-refractivity contribution in [1.82, 2.24) is 4.90 Å². The molecule has 0 aliphatic carbocycles. The topological polar surface area (TPSA) is 12.5 Å². The van der Waals surface area contributed by atoms with Crippen LogP contribution in [-0.2, 0) is 0 Å². The molecule has 0 spiro atoms. The van der Waals surface area contributed by atoms with Crippen molar-refractivity contribution in [1.29, 1.82) is 0 Å². The van der Waals surface area contributed by atoms with Crippen molar-refractivity contribution in [2.45, 2.75) is 43.9 Å². The number of benzene rings is 1. The van der Waals surface area contributed by atoms with E-state index in [0.717, 1.165) is 18.6 Å². The molecule has 2 fully saturated rings. The van der Waals surface area contributed by atoms with Gasteiger partial charge in [0.05, 0.1) is 10.0 Å². The predicted molar refractivity (Wildman–Crippen MR) is 74.7 cm³/mol. The van der Waals surface area contributed by atoms with Crippen molar-refractivity contribution in [2.75, 3.05) is 7.05 Å². The Bertz CT molecular complexity index is 437. The number of nitrogens with zero attached hydrogens (tertiary/aromatic N) is 1. The van der Waals surface area contributed by atoms with E-state index >= 15 is 0 Å². The number of ether oxygens (including phenoxy) is 1. The maximum absolute atomic E-state index is 6.05. The minimum absolute atomic E-state index is 0.316. The van der Waals surface area contributed by atoms with Gasteiger partial charge in [-0.1, -0.05) is 23.2 Å². The number of piperidine rings is 1. The molecule has 2 saturated heterocycles. The molecule has 3 rings (SSSR count). The van der Waals surface area contributed by atoms with Crippen molar-refractivity contribution in [2.24, 2.45) is 0 Å². The summed E-state index contributed by atoms with van der Waals surface area (Å²) in [6.45, 7) is 0. The Morgan fingerprint density at radius 3 is 2.39 bits per heavy atom. The van der Waals surface area contributed by atoms with E-state index in [2.05, 4.69) is 11.9 Å². The summed E-state index contributed by atoms with van der Waals surface area (Å²) in [5, 5.41) is 1.14. The van der Waals surface area contributed by atoms with E-state index in [1.165, 1.54) is 12.8 Å². The molecule has 1 aromatic rings. The zero-order valence-corrected chi connectivity index (χ0v) is 11.9. The van der Waals surface area contributed by atoms with Gasteiger partial charge in [-0.15, -0.1) is 0 Å². The van der Waals surface area contributed by atoms with Crippen molar-refractivity contribution < 1.29 is 4.74 Å². The first-order valence-corrected chi connectivity index (χ1v) is 7.22. The van der Waals surface area contributed by atoms with Gasteiger partial charge in [-0.3, -0.25) is 0 Å². The van der Waals surface area contributed by atoms with Crippen LogP contribution < -0.4 is 4.74 Å². The van der Waals surface area contributed by atoms with Gasteiger partial charge in [-0.05, 0) is 44.9 Å². The van der Waals surface area contributed by atoms with Gasteiger partial charge in [-0.25, -0.2) is 0 Å². The molecule has 0 aromatic heterocycles. The van der Waals surface area contributed by atoms with E-state index in [1.807, 2.05) is 12.1 Å². The third-order valence-electron chi connectivity index (χ3n) is 4.25. The van der Waals surface area contributed by atoms with Crippen LogP contribution in [0, 0.1) is 0 Å². The normalized spacial score (nSPS) is 31.6. The van der Waals surface area contributed by atoms with Gasteiger partial charge in [0, 0.05) is 18.2 Å². The molecule has 4 heteroatoms. The summed E-state index contributed by atoms with van der Waals surface area (Å²) in [6, 6.07) is 6.88. The highest BCUT2D eigenvalue weighted by Gasteiger charge is 2.39. The van der Waals surface area contributed by atoms with Crippen LogP contribution >= 0.6 is 23.2 Å². The Hall–Kier alpha value is -0.440. The first kappa shape index (κ1) is 12.6. The second-order valence-electron chi connectivity index (χ2n) is 5.34. The predicted octanol–water partition coefficient (Wildman–Crippen LogP) is 4.00. The van der Waals surface area contributed by atoms with Crippen LogP contribution in [0.25, 0.3) is 0 Å². The van der Waals surface area contributed by atoms with Crippen LogP contribution in [-0.4, -0.2) is 30.1 Å². The molecule has 0 saturated carbocycles. The number of fused-ring (bicyclic) bond motifs is 2. The van der Waals surface area contributed by atoms with E-state index in [4.69, 9.17) is 27.9 Å². The number of rotatable bonds is 2. The lowest BCUT2D eigenvalue weighted by Crippen LogP contribution is -2.43. The Morgan fingerprint density at radius 2 is 1.78 bits per heavy atom. The largest absolute Gasteiger partial charge is 0.490 e. The summed E-state index contributed by atoms with van der Waals surface area (Å²) in [4.78, 5) is 2.51. The van der Waals surface area contributed by atoms with E-state index < -0.39 is 0 Å². The van der Waals surface area contributed by atoms with Crippen LogP contribution in [0.4, 0.5) is 0 Å². The molecular formula is C14H17Cl2NO. The number of halogens is 2. The molecule has 0 radical (unpaired) electrons. The van der Waals surface area contributed by atoms with Crippen molar-refractivity contribution in [3.05, 3.63) is 28.2 Å². The lowest BCUT2D eigenvalue weighted by Gasteiger charge is -2.36. The summed E-state index contributed by atoms with van der Waals surface area (Å²) in [5.74, 6) is 0.832. The van der Waals surface area contributed by atoms with Gasteiger partial charge >= 0.3 is 0 Å². The van der Waals surface area contributed by atoms with Crippen LogP contribution in [0.5, 0.6) is 5.75 Å². The highest BCUT2D eigenvalue weighted by Crippen LogP contribution is 2.36. The summed E-state index contributed by atoms with van der Waals surface area (Å²) in [5.41, 5.74) is 0. The molecule has 98 valence electrons. The summed E-state index contributed by atoms with van der Waals surface area (Å²) in [6.07, 6.45) is 5.17. The molecule has 2 nitrogen and oxygen atoms in total. The molecule has 18 heavy (non-hydrogen) atoms. The van der Waals surface area contributed by atoms with Crippen LogP contribution in [0.15, 0.2) is 18.2 Å². The fourth-order valence-corrected chi connectivity index (χ4v) is 3.49. The van der Waals surface area contributed by atoms with Gasteiger partial charge in [0.25, 0.3) is 0 Å². The second kappa shape index (κ2) is 4.92. The van der Waals surface area contributed by atoms with E-state index in [9.17, 15) is 0 Å². The lowest BCUT2D eigenvalue weighted by molar-refractivity contribution is 0.0662. The molecule has 2 aliphatic rings. The van der Waals surface area contributed by atoms with E-state index in [-0.39, 0.29) is 0 Å². The van der Waals surface area contributed by atoms with Gasteiger partial charge in [0.15, 0.2) is 0 Å². The molecule has 1 aromatic carbocycles. The van der Waals surface area contributed by atoms with Crippen LogP contribution in [0.1, 0.15) is 25.7 Å². The van der Waals surface area contributed by atoms with Crippen LogP contribution in [0.2, 0.25) is 10.0 Å². The van der Waals surface area contributed by atoms with Crippen LogP contribution in [0.3, 0.4) is 0 Å². The maximum atomic E-state index is 6.05. The average molecular weight is 286 g/mol. The molecule has 2 heterocycles. The van der Waals surface area contributed by atoms with Crippen molar-refractivity contribution >= 4 is 23.2 Å². The maximum Gasteiger partial charge on any atom is 0.121 e. The lowest BCUT2D eigenvalue weighted by atomic mass is 10.0. The minimum atomic E-state index is 0.316.